The van der Waals surface area contributed by atoms with E-state index in [0.717, 1.165) is 5.56 Å². The van der Waals surface area contributed by atoms with E-state index in [0.29, 0.717) is 12.1 Å². The van der Waals surface area contributed by atoms with Gasteiger partial charge in [0.2, 0.25) is 0 Å². The summed E-state index contributed by atoms with van der Waals surface area (Å²) in [5.41, 5.74) is 8.45. The van der Waals surface area contributed by atoms with Gasteiger partial charge in [0.05, 0.1) is 0 Å². The van der Waals surface area contributed by atoms with Crippen LogP contribution in [0.15, 0.2) is 18.2 Å². The van der Waals surface area contributed by atoms with Crippen LogP contribution in [-0.4, -0.2) is 18.5 Å². The number of hydrogen-bond acceptors (Lipinski definition) is 2. The van der Waals surface area contributed by atoms with Gasteiger partial charge in [0.15, 0.2) is 0 Å². The third kappa shape index (κ3) is 3.06. The van der Waals surface area contributed by atoms with E-state index in [-0.39, 0.29) is 11.9 Å². The molecule has 3 heteroatoms. The SMILES string of the molecule is Cc1ccc(C(=O)NC(C)CN)cc1C. The minimum absolute atomic E-state index is 0.0131. The summed E-state index contributed by atoms with van der Waals surface area (Å²) in [6.45, 7) is 6.37. The quantitative estimate of drug-likeness (QED) is 0.785. The zero-order valence-corrected chi connectivity index (χ0v) is 9.50. The summed E-state index contributed by atoms with van der Waals surface area (Å²) in [5.74, 6) is -0.0592. The number of benzene rings is 1. The average molecular weight is 206 g/mol. The maximum Gasteiger partial charge on any atom is 0.251 e. The van der Waals surface area contributed by atoms with Crippen molar-refractivity contribution in [2.75, 3.05) is 6.54 Å². The Morgan fingerprint density at radius 1 is 1.40 bits per heavy atom. The number of hydrogen-bond donors (Lipinski definition) is 2. The maximum absolute atomic E-state index is 11.7. The van der Waals surface area contributed by atoms with Gasteiger partial charge in [-0.05, 0) is 44.0 Å². The van der Waals surface area contributed by atoms with E-state index in [2.05, 4.69) is 5.32 Å². The molecule has 3 nitrogen and oxygen atoms in total. The van der Waals surface area contributed by atoms with Crippen molar-refractivity contribution in [2.24, 2.45) is 5.73 Å². The zero-order chi connectivity index (χ0) is 11.4. The fourth-order valence-electron chi connectivity index (χ4n) is 1.25. The molecule has 0 aliphatic carbocycles. The second kappa shape index (κ2) is 4.94. The molecule has 0 saturated carbocycles. The van der Waals surface area contributed by atoms with E-state index in [1.165, 1.54) is 5.56 Å². The molecular formula is C12H18N2O. The molecule has 0 spiro atoms. The van der Waals surface area contributed by atoms with Crippen LogP contribution in [0.25, 0.3) is 0 Å². The second-order valence-electron chi connectivity index (χ2n) is 3.91. The van der Waals surface area contributed by atoms with Crippen LogP contribution in [-0.2, 0) is 0 Å². The van der Waals surface area contributed by atoms with E-state index >= 15 is 0 Å². The highest BCUT2D eigenvalue weighted by molar-refractivity contribution is 5.94. The highest BCUT2D eigenvalue weighted by Gasteiger charge is 2.08. The van der Waals surface area contributed by atoms with E-state index in [4.69, 9.17) is 5.73 Å². The third-order valence-corrected chi connectivity index (χ3v) is 2.50. The lowest BCUT2D eigenvalue weighted by Crippen LogP contribution is -2.37. The van der Waals surface area contributed by atoms with E-state index in [9.17, 15) is 4.79 Å². The zero-order valence-electron chi connectivity index (χ0n) is 9.50. The van der Waals surface area contributed by atoms with Crippen LogP contribution in [0.5, 0.6) is 0 Å². The normalized spacial score (nSPS) is 12.3. The smallest absolute Gasteiger partial charge is 0.251 e. The number of aryl methyl sites for hydroxylation is 2. The van der Waals surface area contributed by atoms with Gasteiger partial charge in [-0.3, -0.25) is 4.79 Å². The third-order valence-electron chi connectivity index (χ3n) is 2.50. The van der Waals surface area contributed by atoms with Crippen molar-refractivity contribution in [3.05, 3.63) is 34.9 Å². The molecule has 0 saturated heterocycles. The minimum atomic E-state index is -0.0592. The van der Waals surface area contributed by atoms with Gasteiger partial charge < -0.3 is 11.1 Å². The lowest BCUT2D eigenvalue weighted by Gasteiger charge is -2.11. The van der Waals surface area contributed by atoms with Gasteiger partial charge in [0.25, 0.3) is 5.91 Å². The van der Waals surface area contributed by atoms with Crippen molar-refractivity contribution < 1.29 is 4.79 Å². The van der Waals surface area contributed by atoms with Crippen molar-refractivity contribution in [1.29, 1.82) is 0 Å². The van der Waals surface area contributed by atoms with Gasteiger partial charge in [0.1, 0.15) is 0 Å². The molecule has 0 heterocycles. The molecular weight excluding hydrogens is 188 g/mol. The standard InChI is InChI=1S/C12H18N2O/c1-8-4-5-11(6-9(8)2)12(15)14-10(3)7-13/h4-6,10H,7,13H2,1-3H3,(H,14,15). The Labute approximate surface area is 90.7 Å². The molecule has 0 fully saturated rings. The highest BCUT2D eigenvalue weighted by Crippen LogP contribution is 2.09. The Morgan fingerprint density at radius 3 is 2.60 bits per heavy atom. The van der Waals surface area contributed by atoms with Gasteiger partial charge in [-0.1, -0.05) is 6.07 Å². The predicted octanol–water partition coefficient (Wildman–Crippen LogP) is 1.38. The van der Waals surface area contributed by atoms with Crippen LogP contribution in [0.1, 0.15) is 28.4 Å². The van der Waals surface area contributed by atoms with Crippen molar-refractivity contribution in [1.82, 2.24) is 5.32 Å². The number of nitrogens with two attached hydrogens (primary N) is 1. The van der Waals surface area contributed by atoms with Gasteiger partial charge in [-0.2, -0.15) is 0 Å². The largest absolute Gasteiger partial charge is 0.348 e. The van der Waals surface area contributed by atoms with Crippen molar-refractivity contribution in [3.8, 4) is 0 Å². The van der Waals surface area contributed by atoms with Crippen molar-refractivity contribution in [2.45, 2.75) is 26.8 Å². The number of rotatable bonds is 3. The average Bonchev–Trinajstić information content (AvgIpc) is 2.21. The lowest BCUT2D eigenvalue weighted by atomic mass is 10.1. The topological polar surface area (TPSA) is 55.1 Å². The van der Waals surface area contributed by atoms with Crippen molar-refractivity contribution in [3.63, 3.8) is 0 Å². The summed E-state index contributed by atoms with van der Waals surface area (Å²) in [5, 5.41) is 2.83. The Morgan fingerprint density at radius 2 is 2.07 bits per heavy atom. The predicted molar refractivity (Wildman–Crippen MR) is 61.9 cm³/mol. The first-order valence-corrected chi connectivity index (χ1v) is 5.12. The molecule has 1 unspecified atom stereocenters. The molecule has 82 valence electrons. The Bertz CT molecular complexity index is 361. The van der Waals surface area contributed by atoms with Crippen LogP contribution in [0.3, 0.4) is 0 Å². The summed E-state index contributed by atoms with van der Waals surface area (Å²) in [6.07, 6.45) is 0. The summed E-state index contributed by atoms with van der Waals surface area (Å²) < 4.78 is 0. The van der Waals surface area contributed by atoms with Gasteiger partial charge in [-0.25, -0.2) is 0 Å². The van der Waals surface area contributed by atoms with Crippen LogP contribution >= 0.6 is 0 Å². The van der Waals surface area contributed by atoms with Gasteiger partial charge in [0, 0.05) is 18.2 Å². The molecule has 15 heavy (non-hydrogen) atoms. The molecule has 1 aromatic rings. The molecule has 1 rings (SSSR count). The fraction of sp³-hybridized carbons (Fsp3) is 0.417. The molecule has 0 aliphatic rings. The van der Waals surface area contributed by atoms with E-state index in [1.54, 1.807) is 0 Å². The molecule has 0 aliphatic heterocycles. The molecule has 3 N–H and O–H groups in total. The van der Waals surface area contributed by atoms with E-state index < -0.39 is 0 Å². The number of carbonyl (C=O) groups is 1. The van der Waals surface area contributed by atoms with E-state index in [1.807, 2.05) is 39.0 Å². The molecule has 0 bridgehead atoms. The second-order valence-corrected chi connectivity index (χ2v) is 3.91. The molecule has 0 radical (unpaired) electrons. The minimum Gasteiger partial charge on any atom is -0.348 e. The molecule has 0 aromatic heterocycles. The first-order chi connectivity index (χ1) is 7.04. The highest BCUT2D eigenvalue weighted by atomic mass is 16.1. The van der Waals surface area contributed by atoms with Crippen LogP contribution in [0.2, 0.25) is 0 Å². The number of nitrogens with one attached hydrogen (secondary N) is 1. The van der Waals surface area contributed by atoms with Crippen molar-refractivity contribution >= 4 is 5.91 Å². The maximum atomic E-state index is 11.7. The van der Waals surface area contributed by atoms with Gasteiger partial charge >= 0.3 is 0 Å². The van der Waals surface area contributed by atoms with Crippen LogP contribution in [0, 0.1) is 13.8 Å². The summed E-state index contributed by atoms with van der Waals surface area (Å²) in [4.78, 5) is 11.7. The summed E-state index contributed by atoms with van der Waals surface area (Å²) in [6, 6.07) is 5.70. The summed E-state index contributed by atoms with van der Waals surface area (Å²) >= 11 is 0. The Balaban J connectivity index is 2.78. The first kappa shape index (κ1) is 11.7. The van der Waals surface area contributed by atoms with Gasteiger partial charge in [-0.15, -0.1) is 0 Å². The molecule has 1 amide bonds. The number of carbonyl (C=O) groups excluding carboxylic acids is 1. The Kier molecular flexibility index (Phi) is 3.86. The van der Waals surface area contributed by atoms with Crippen LogP contribution in [0.4, 0.5) is 0 Å². The molecule has 1 atom stereocenters. The van der Waals surface area contributed by atoms with Crippen LogP contribution < -0.4 is 11.1 Å². The first-order valence-electron chi connectivity index (χ1n) is 5.12. The summed E-state index contributed by atoms with van der Waals surface area (Å²) in [7, 11) is 0. The monoisotopic (exact) mass is 206 g/mol. The lowest BCUT2D eigenvalue weighted by molar-refractivity contribution is 0.0941. The fourth-order valence-corrected chi connectivity index (χ4v) is 1.25. The number of amides is 1. The Hall–Kier alpha value is -1.35. The molecule has 1 aromatic carbocycles.